The van der Waals surface area contributed by atoms with Crippen molar-refractivity contribution < 1.29 is 9.66 Å². The fraction of sp³-hybridized carbons (Fsp3) is 0.273. The summed E-state index contributed by atoms with van der Waals surface area (Å²) in [5, 5.41) is 20.3. The van der Waals surface area contributed by atoms with Crippen LogP contribution in [0.1, 0.15) is 27.8 Å². The van der Waals surface area contributed by atoms with E-state index in [2.05, 4.69) is 22.8 Å². The molecule has 0 unspecified atom stereocenters. The van der Waals surface area contributed by atoms with E-state index >= 15 is 0 Å². The van der Waals surface area contributed by atoms with Crippen molar-refractivity contribution in [2.75, 3.05) is 13.2 Å². The fourth-order valence-corrected chi connectivity index (χ4v) is 4.45. The molecular formula is C22H23ClN4O3S. The molecule has 0 spiro atoms. The summed E-state index contributed by atoms with van der Waals surface area (Å²) in [6.07, 6.45) is 1.62. The number of thioether (sulfide) groups is 1. The van der Waals surface area contributed by atoms with Crippen LogP contribution in [0.4, 0.5) is 0 Å². The lowest BCUT2D eigenvalue weighted by Gasteiger charge is -2.16. The van der Waals surface area contributed by atoms with Gasteiger partial charge >= 0.3 is 0 Å². The van der Waals surface area contributed by atoms with Crippen molar-refractivity contribution in [2.24, 2.45) is 0 Å². The predicted molar refractivity (Wildman–Crippen MR) is 123 cm³/mol. The Bertz CT molecular complexity index is 1120. The highest BCUT2D eigenvalue weighted by Gasteiger charge is 2.24. The molecule has 1 aromatic heterocycles. The van der Waals surface area contributed by atoms with E-state index in [1.54, 1.807) is 24.3 Å². The first-order chi connectivity index (χ1) is 14.8. The van der Waals surface area contributed by atoms with E-state index in [0.29, 0.717) is 33.9 Å². The summed E-state index contributed by atoms with van der Waals surface area (Å²) in [6, 6.07) is 11.3. The molecular weight excluding hydrogens is 436 g/mol. The van der Waals surface area contributed by atoms with Crippen LogP contribution in [0.25, 0.3) is 5.69 Å². The molecule has 3 aromatic rings. The molecule has 0 amide bonds. The van der Waals surface area contributed by atoms with Crippen molar-refractivity contribution in [3.63, 3.8) is 0 Å². The molecule has 9 heteroatoms. The molecule has 7 nitrogen and oxygen atoms in total. The van der Waals surface area contributed by atoms with E-state index in [-0.39, 0.29) is 11.5 Å². The second-order valence-electron chi connectivity index (χ2n) is 7.05. The molecule has 31 heavy (non-hydrogen) atoms. The van der Waals surface area contributed by atoms with Crippen LogP contribution >= 0.6 is 23.4 Å². The Morgan fingerprint density at radius 3 is 2.65 bits per heavy atom. The first-order valence-electron chi connectivity index (χ1n) is 9.61. The van der Waals surface area contributed by atoms with Gasteiger partial charge in [-0.25, -0.2) is 0 Å². The summed E-state index contributed by atoms with van der Waals surface area (Å²) in [5.74, 6) is 1.21. The van der Waals surface area contributed by atoms with Gasteiger partial charge in [-0.05, 0) is 61.7 Å². The maximum atomic E-state index is 11.4. The van der Waals surface area contributed by atoms with Gasteiger partial charge in [0.25, 0.3) is 0 Å². The van der Waals surface area contributed by atoms with Crippen LogP contribution in [0.15, 0.2) is 54.2 Å². The van der Waals surface area contributed by atoms with Crippen molar-refractivity contribution in [3.05, 3.63) is 86.7 Å². The van der Waals surface area contributed by atoms with Gasteiger partial charge in [0.2, 0.25) is 6.54 Å². The number of nitrogens with zero attached hydrogens (tertiary/aromatic N) is 4. The molecule has 0 aliphatic rings. The minimum absolute atomic E-state index is 0.285. The van der Waals surface area contributed by atoms with Gasteiger partial charge in [0, 0.05) is 10.6 Å². The summed E-state index contributed by atoms with van der Waals surface area (Å²) < 4.78 is 7.41. The summed E-state index contributed by atoms with van der Waals surface area (Å²) in [6.45, 7) is 9.60. The molecule has 0 saturated carbocycles. The van der Waals surface area contributed by atoms with E-state index in [9.17, 15) is 10.1 Å². The minimum Gasteiger partial charge on any atom is -0.488 e. The molecule has 1 atom stereocenters. The van der Waals surface area contributed by atoms with Crippen LogP contribution in [-0.4, -0.2) is 32.8 Å². The molecule has 3 rings (SSSR count). The molecule has 1 heterocycles. The van der Waals surface area contributed by atoms with Crippen molar-refractivity contribution in [3.8, 4) is 11.4 Å². The molecule has 0 fully saturated rings. The molecule has 162 valence electrons. The van der Waals surface area contributed by atoms with Crippen LogP contribution in [0.3, 0.4) is 0 Å². The van der Waals surface area contributed by atoms with Crippen LogP contribution in [-0.2, 0) is 0 Å². The number of halogens is 1. The van der Waals surface area contributed by atoms with Crippen LogP contribution in [0, 0.1) is 30.9 Å². The average Bonchev–Trinajstić information content (AvgIpc) is 3.08. The number of hydrogen-bond acceptors (Lipinski definition) is 6. The number of benzene rings is 2. The number of ether oxygens (including phenoxy) is 1. The van der Waals surface area contributed by atoms with Crippen LogP contribution < -0.4 is 4.74 Å². The maximum absolute atomic E-state index is 11.4. The summed E-state index contributed by atoms with van der Waals surface area (Å²) in [5.41, 5.74) is 3.96. The topological polar surface area (TPSA) is 83.1 Å². The Morgan fingerprint density at radius 1 is 1.23 bits per heavy atom. The summed E-state index contributed by atoms with van der Waals surface area (Å²) >= 11 is 7.63. The lowest BCUT2D eigenvalue weighted by Crippen LogP contribution is -2.11. The molecule has 0 bridgehead atoms. The Kier molecular flexibility index (Phi) is 7.35. The quantitative estimate of drug-likeness (QED) is 0.182. The van der Waals surface area contributed by atoms with Gasteiger partial charge < -0.3 is 4.74 Å². The minimum atomic E-state index is -0.505. The Morgan fingerprint density at radius 2 is 2.00 bits per heavy atom. The van der Waals surface area contributed by atoms with Crippen molar-refractivity contribution in [1.29, 1.82) is 0 Å². The van der Waals surface area contributed by atoms with Gasteiger partial charge in [-0.1, -0.05) is 48.2 Å². The highest BCUT2D eigenvalue weighted by molar-refractivity contribution is 7.99. The maximum Gasteiger partial charge on any atom is 0.220 e. The molecule has 0 saturated heterocycles. The van der Waals surface area contributed by atoms with E-state index < -0.39 is 5.25 Å². The second-order valence-corrected chi connectivity index (χ2v) is 8.62. The van der Waals surface area contributed by atoms with Crippen molar-refractivity contribution >= 4 is 23.4 Å². The smallest absolute Gasteiger partial charge is 0.220 e. The molecule has 2 aromatic carbocycles. The van der Waals surface area contributed by atoms with E-state index in [4.69, 9.17) is 16.3 Å². The Hall–Kier alpha value is -2.84. The molecule has 0 aliphatic heterocycles. The normalized spacial score (nSPS) is 11.9. The number of aromatic nitrogens is 3. The number of nitro groups is 1. The first kappa shape index (κ1) is 22.8. The number of hydrogen-bond donors (Lipinski definition) is 0. The summed E-state index contributed by atoms with van der Waals surface area (Å²) in [7, 11) is 0. The third-order valence-electron chi connectivity index (χ3n) is 4.79. The first-order valence-corrected chi connectivity index (χ1v) is 10.9. The zero-order valence-electron chi connectivity index (χ0n) is 17.5. The third kappa shape index (κ3) is 5.45. The number of rotatable bonds is 9. The molecule has 0 N–H and O–H groups in total. The molecule has 0 radical (unpaired) electrons. The van der Waals surface area contributed by atoms with Gasteiger partial charge in [-0.15, -0.1) is 10.2 Å². The number of aryl methyl sites for hydroxylation is 3. The highest BCUT2D eigenvalue weighted by atomic mass is 35.5. The Labute approximate surface area is 190 Å². The summed E-state index contributed by atoms with van der Waals surface area (Å²) in [4.78, 5) is 11.1. The zero-order valence-corrected chi connectivity index (χ0v) is 19.1. The van der Waals surface area contributed by atoms with Gasteiger partial charge in [0.15, 0.2) is 5.16 Å². The van der Waals surface area contributed by atoms with Gasteiger partial charge in [0.1, 0.15) is 23.4 Å². The SMILES string of the molecule is C=CCOc1ccc([C@@H](C[N+](=O)[O-])Sc2nnc(C)n2-c2ccc(C)c(C)c2)cc1Cl. The fourth-order valence-electron chi connectivity index (χ4n) is 3.04. The monoisotopic (exact) mass is 458 g/mol. The van der Waals surface area contributed by atoms with Gasteiger partial charge in [0.05, 0.1) is 5.02 Å². The third-order valence-corrected chi connectivity index (χ3v) is 6.27. The van der Waals surface area contributed by atoms with E-state index in [0.717, 1.165) is 11.3 Å². The zero-order chi connectivity index (χ0) is 22.5. The highest BCUT2D eigenvalue weighted by Crippen LogP contribution is 2.38. The van der Waals surface area contributed by atoms with Crippen molar-refractivity contribution in [1.82, 2.24) is 14.8 Å². The predicted octanol–water partition coefficient (Wildman–Crippen LogP) is 5.52. The Balaban J connectivity index is 1.96. The molecule has 0 aliphatic carbocycles. The standard InChI is InChI=1S/C22H23ClN4O3S/c1-5-10-30-20-9-7-17(12-19(20)23)21(13-26(28)29)31-22-25-24-16(4)27(22)18-8-6-14(2)15(3)11-18/h5-9,11-12,21H,1,10,13H2,2-4H3/t21-/m1/s1. The van der Waals surface area contributed by atoms with E-state index in [1.165, 1.54) is 17.3 Å². The second kappa shape index (κ2) is 9.98. The van der Waals surface area contributed by atoms with Gasteiger partial charge in [-0.3, -0.25) is 14.7 Å². The van der Waals surface area contributed by atoms with Crippen molar-refractivity contribution in [2.45, 2.75) is 31.2 Å². The largest absolute Gasteiger partial charge is 0.488 e. The van der Waals surface area contributed by atoms with Gasteiger partial charge in [-0.2, -0.15) is 0 Å². The van der Waals surface area contributed by atoms with E-state index in [1.807, 2.05) is 37.5 Å². The lowest BCUT2D eigenvalue weighted by molar-refractivity contribution is -0.479. The average molecular weight is 459 g/mol. The van der Waals surface area contributed by atoms with Crippen LogP contribution in [0.2, 0.25) is 5.02 Å². The van der Waals surface area contributed by atoms with Crippen LogP contribution in [0.5, 0.6) is 5.75 Å². The lowest BCUT2D eigenvalue weighted by atomic mass is 10.1.